The average molecular weight is 379 g/mol. The van der Waals surface area contributed by atoms with Gasteiger partial charge in [0.2, 0.25) is 0 Å². The van der Waals surface area contributed by atoms with E-state index in [2.05, 4.69) is 26.0 Å². The van der Waals surface area contributed by atoms with Crippen LogP contribution in [0.2, 0.25) is 0 Å². The molecular formula is C22H21NO3S. The number of thiophene rings is 1. The smallest absolute Gasteiger partial charge is 0.412 e. The van der Waals surface area contributed by atoms with Crippen molar-refractivity contribution in [3.05, 3.63) is 75.5 Å². The standard InChI is InChI=1S/C22H21NO3S/c1-22(2)9-8-15(19-7-5-11-27-19)16-12-14(13-18(24)20(16)22)17-6-3-4-10-23(17)21(25)26/h3-8,11-13,24H,9-10H2,1-2H3,(H,25,26). The van der Waals surface area contributed by atoms with E-state index in [0.29, 0.717) is 17.8 Å². The van der Waals surface area contributed by atoms with Gasteiger partial charge in [-0.15, -0.1) is 11.3 Å². The van der Waals surface area contributed by atoms with Gasteiger partial charge in [-0.3, -0.25) is 4.90 Å². The molecule has 0 unspecified atom stereocenters. The monoisotopic (exact) mass is 379 g/mol. The van der Waals surface area contributed by atoms with Crippen LogP contribution in [-0.4, -0.2) is 27.8 Å². The summed E-state index contributed by atoms with van der Waals surface area (Å²) in [6.45, 7) is 4.55. The van der Waals surface area contributed by atoms with E-state index in [4.69, 9.17) is 0 Å². The Kier molecular flexibility index (Phi) is 4.19. The third-order valence-electron chi connectivity index (χ3n) is 5.18. The Labute approximate surface area is 162 Å². The number of aromatic hydroxyl groups is 1. The summed E-state index contributed by atoms with van der Waals surface area (Å²) >= 11 is 1.67. The van der Waals surface area contributed by atoms with Crippen molar-refractivity contribution >= 4 is 28.7 Å². The van der Waals surface area contributed by atoms with Gasteiger partial charge in [-0.25, -0.2) is 4.79 Å². The van der Waals surface area contributed by atoms with Crippen molar-refractivity contribution < 1.29 is 15.0 Å². The fourth-order valence-electron chi connectivity index (χ4n) is 3.88. The van der Waals surface area contributed by atoms with Crippen LogP contribution in [0.5, 0.6) is 5.75 Å². The van der Waals surface area contributed by atoms with E-state index in [9.17, 15) is 15.0 Å². The second kappa shape index (κ2) is 6.43. The highest BCUT2D eigenvalue weighted by Crippen LogP contribution is 2.47. The average Bonchev–Trinajstić information content (AvgIpc) is 3.15. The van der Waals surface area contributed by atoms with Crippen molar-refractivity contribution in [3.63, 3.8) is 0 Å². The fourth-order valence-corrected chi connectivity index (χ4v) is 4.66. The molecule has 2 N–H and O–H groups in total. The number of allylic oxidation sites excluding steroid dienone is 3. The van der Waals surface area contributed by atoms with Crippen LogP contribution >= 0.6 is 11.3 Å². The summed E-state index contributed by atoms with van der Waals surface area (Å²) in [5, 5.41) is 22.5. The van der Waals surface area contributed by atoms with Gasteiger partial charge >= 0.3 is 6.09 Å². The first-order valence-electron chi connectivity index (χ1n) is 8.88. The lowest BCUT2D eigenvalue weighted by molar-refractivity contribution is 0.169. The molecule has 1 aromatic carbocycles. The molecule has 1 aliphatic heterocycles. The summed E-state index contributed by atoms with van der Waals surface area (Å²) in [6.07, 6.45) is 7.49. The van der Waals surface area contributed by atoms with Crippen molar-refractivity contribution in [2.75, 3.05) is 6.54 Å². The first kappa shape index (κ1) is 17.6. The van der Waals surface area contributed by atoms with Crippen molar-refractivity contribution in [2.45, 2.75) is 25.7 Å². The number of phenolic OH excluding ortho intramolecular Hbond substituents is 1. The number of hydrogen-bond acceptors (Lipinski definition) is 3. The number of benzene rings is 1. The summed E-state index contributed by atoms with van der Waals surface area (Å²) in [5.74, 6) is 0.218. The maximum atomic E-state index is 11.6. The molecule has 4 rings (SSSR count). The zero-order valence-electron chi connectivity index (χ0n) is 15.3. The topological polar surface area (TPSA) is 60.8 Å². The Morgan fingerprint density at radius 2 is 2.11 bits per heavy atom. The minimum absolute atomic E-state index is 0.188. The van der Waals surface area contributed by atoms with E-state index >= 15 is 0 Å². The highest BCUT2D eigenvalue weighted by molar-refractivity contribution is 7.11. The SMILES string of the molecule is CC1(C)CC=C(c2cccs2)c2cc(C3=CC=CCN3C(=O)O)cc(O)c21. The maximum absolute atomic E-state index is 11.6. The van der Waals surface area contributed by atoms with Crippen LogP contribution in [0.25, 0.3) is 11.3 Å². The zero-order valence-corrected chi connectivity index (χ0v) is 16.1. The number of amides is 1. The Morgan fingerprint density at radius 1 is 1.30 bits per heavy atom. The number of phenols is 1. The van der Waals surface area contributed by atoms with Crippen LogP contribution < -0.4 is 0 Å². The molecule has 27 heavy (non-hydrogen) atoms. The predicted molar refractivity (Wildman–Crippen MR) is 109 cm³/mol. The third kappa shape index (κ3) is 2.98. The van der Waals surface area contributed by atoms with Crippen molar-refractivity contribution in [3.8, 4) is 5.75 Å². The van der Waals surface area contributed by atoms with E-state index < -0.39 is 6.09 Å². The van der Waals surface area contributed by atoms with E-state index in [1.54, 1.807) is 29.6 Å². The maximum Gasteiger partial charge on any atom is 0.412 e. The number of rotatable bonds is 2. The van der Waals surface area contributed by atoms with Gasteiger partial charge in [0.1, 0.15) is 5.75 Å². The molecule has 2 aliphatic rings. The summed E-state index contributed by atoms with van der Waals surface area (Å²) in [7, 11) is 0. The van der Waals surface area contributed by atoms with Crippen LogP contribution in [0.1, 0.15) is 41.8 Å². The Balaban J connectivity index is 1.92. The molecule has 0 saturated heterocycles. The number of fused-ring (bicyclic) bond motifs is 1. The van der Waals surface area contributed by atoms with Crippen molar-refractivity contribution in [1.82, 2.24) is 4.90 Å². The minimum Gasteiger partial charge on any atom is -0.508 e. The quantitative estimate of drug-likeness (QED) is 0.729. The molecule has 0 fully saturated rings. The first-order chi connectivity index (χ1) is 12.9. The molecule has 0 spiro atoms. The molecule has 4 nitrogen and oxygen atoms in total. The van der Waals surface area contributed by atoms with Gasteiger partial charge in [0.15, 0.2) is 0 Å². The Hall–Kier alpha value is -2.79. The van der Waals surface area contributed by atoms with Gasteiger partial charge < -0.3 is 10.2 Å². The molecule has 0 bridgehead atoms. The van der Waals surface area contributed by atoms with Gasteiger partial charge in [-0.05, 0) is 52.6 Å². The van der Waals surface area contributed by atoms with E-state index in [1.807, 2.05) is 23.6 Å². The lowest BCUT2D eigenvalue weighted by atomic mass is 9.72. The summed E-state index contributed by atoms with van der Waals surface area (Å²) in [6, 6.07) is 7.81. The first-order valence-corrected chi connectivity index (χ1v) is 9.76. The van der Waals surface area contributed by atoms with E-state index in [-0.39, 0.29) is 11.2 Å². The van der Waals surface area contributed by atoms with Crippen LogP contribution in [-0.2, 0) is 5.41 Å². The van der Waals surface area contributed by atoms with Crippen molar-refractivity contribution in [2.24, 2.45) is 0 Å². The molecule has 2 aromatic rings. The summed E-state index contributed by atoms with van der Waals surface area (Å²) < 4.78 is 0. The fraction of sp³-hybridized carbons (Fsp3) is 0.227. The molecule has 138 valence electrons. The normalized spacial score (nSPS) is 17.9. The number of hydrogen-bond donors (Lipinski definition) is 2. The van der Waals surface area contributed by atoms with Gasteiger partial charge in [-0.1, -0.05) is 38.1 Å². The summed E-state index contributed by atoms with van der Waals surface area (Å²) in [5.41, 5.74) is 4.10. The molecule has 1 aliphatic carbocycles. The van der Waals surface area contributed by atoms with Crippen LogP contribution in [0, 0.1) is 0 Å². The van der Waals surface area contributed by atoms with Crippen molar-refractivity contribution in [1.29, 1.82) is 0 Å². The highest BCUT2D eigenvalue weighted by atomic mass is 32.1. The number of carbonyl (C=O) groups is 1. The molecule has 1 aromatic heterocycles. The number of carboxylic acid groups (broad SMARTS) is 1. The molecule has 5 heteroatoms. The second-order valence-electron chi connectivity index (χ2n) is 7.47. The molecule has 0 saturated carbocycles. The highest BCUT2D eigenvalue weighted by Gasteiger charge is 2.33. The molecule has 2 heterocycles. The minimum atomic E-state index is -1.00. The zero-order chi connectivity index (χ0) is 19.2. The third-order valence-corrected chi connectivity index (χ3v) is 6.09. The second-order valence-corrected chi connectivity index (χ2v) is 8.42. The van der Waals surface area contributed by atoms with Gasteiger partial charge in [-0.2, -0.15) is 0 Å². The lowest BCUT2D eigenvalue weighted by Crippen LogP contribution is -2.29. The Morgan fingerprint density at radius 3 is 2.81 bits per heavy atom. The van der Waals surface area contributed by atoms with Gasteiger partial charge in [0.25, 0.3) is 0 Å². The Bertz CT molecular complexity index is 997. The molecular weight excluding hydrogens is 358 g/mol. The van der Waals surface area contributed by atoms with Crippen LogP contribution in [0.4, 0.5) is 4.79 Å². The van der Waals surface area contributed by atoms with E-state index in [0.717, 1.165) is 28.0 Å². The van der Waals surface area contributed by atoms with Crippen LogP contribution in [0.3, 0.4) is 0 Å². The summed E-state index contributed by atoms with van der Waals surface area (Å²) in [4.78, 5) is 14.1. The lowest BCUT2D eigenvalue weighted by Gasteiger charge is -2.34. The van der Waals surface area contributed by atoms with E-state index in [1.165, 1.54) is 4.90 Å². The largest absolute Gasteiger partial charge is 0.508 e. The van der Waals surface area contributed by atoms with Gasteiger partial charge in [0, 0.05) is 22.5 Å². The molecule has 1 amide bonds. The predicted octanol–water partition coefficient (Wildman–Crippen LogP) is 5.46. The molecule has 0 radical (unpaired) electrons. The van der Waals surface area contributed by atoms with Crippen LogP contribution in [0.15, 0.2) is 53.9 Å². The molecule has 0 atom stereocenters. The van der Waals surface area contributed by atoms with Gasteiger partial charge in [0.05, 0.1) is 5.70 Å². The number of nitrogens with zero attached hydrogens (tertiary/aromatic N) is 1.